The lowest BCUT2D eigenvalue weighted by Gasteiger charge is -2.14. The number of allylic oxidation sites excluding steroid dienone is 1. The first kappa shape index (κ1) is 53.6. The number of fused-ring (bicyclic) bond motifs is 1. The largest absolute Gasteiger partial charge is 0.471 e. The molecule has 0 saturated carbocycles. The molecule has 8 aromatic rings. The number of nitrogens with two attached hydrogens (primary N) is 1. The van der Waals surface area contributed by atoms with Gasteiger partial charge in [-0.2, -0.15) is 15.5 Å². The van der Waals surface area contributed by atoms with Crippen LogP contribution >= 0.6 is 11.6 Å². The number of hydrogen-bond acceptors (Lipinski definition) is 14. The van der Waals surface area contributed by atoms with Crippen LogP contribution in [-0.2, 0) is 23.8 Å². The van der Waals surface area contributed by atoms with Crippen molar-refractivity contribution < 1.29 is 38.2 Å². The van der Waals surface area contributed by atoms with E-state index in [2.05, 4.69) is 19.8 Å². The van der Waals surface area contributed by atoms with Crippen molar-refractivity contribution in [2.45, 2.75) is 34.6 Å². The molecule has 8 rings (SSSR count). The standard InChI is InChI=1S/C32H23ClN4O3.C14H15N3O3.C9H8N2O3/c1-2-40-32(39)28-27-30(37(35-28)26-11-7-4-8-12-26)34-29(36(31(27)38)25-19-17-24(33)18-20-25)23-15-13-22(14-16-23)21-9-5-3-6-10-21;1-3-20-14(19)12-11(9(2)18)13(15)17(16-12)10-7-5-4-6-8-10;1-4-14-9(13)8(11-3)7(5-10)6(2)12/h3-20H,2H2,1H3;4-8H,3,15H2,1-2H3;4H2,1-2H3/b;;8-7-. The smallest absolute Gasteiger partial charge is 0.359 e. The number of para-hydroxylation sites is 2. The number of ether oxygens (including phenoxy) is 3. The van der Waals surface area contributed by atoms with Crippen molar-refractivity contribution in [1.82, 2.24) is 29.1 Å². The van der Waals surface area contributed by atoms with Gasteiger partial charge in [-0.1, -0.05) is 103 Å². The molecule has 3 heterocycles. The van der Waals surface area contributed by atoms with Gasteiger partial charge in [0.15, 0.2) is 28.6 Å². The molecule has 0 aliphatic carbocycles. The number of hydrogen-bond donors (Lipinski definition) is 1. The lowest BCUT2D eigenvalue weighted by atomic mass is 10.0. The van der Waals surface area contributed by atoms with Crippen LogP contribution < -0.4 is 11.3 Å². The van der Waals surface area contributed by atoms with Crippen LogP contribution in [0.5, 0.6) is 0 Å². The van der Waals surface area contributed by atoms with Crippen molar-refractivity contribution in [3.05, 3.63) is 195 Å². The molecule has 0 radical (unpaired) electrons. The lowest BCUT2D eigenvalue weighted by molar-refractivity contribution is -0.138. The van der Waals surface area contributed by atoms with Gasteiger partial charge in [-0.25, -0.2) is 28.8 Å². The Morgan fingerprint density at radius 3 is 1.65 bits per heavy atom. The fourth-order valence-electron chi connectivity index (χ4n) is 7.21. The number of rotatable bonds is 13. The summed E-state index contributed by atoms with van der Waals surface area (Å²) in [4.78, 5) is 80.6. The zero-order chi connectivity index (χ0) is 53.5. The van der Waals surface area contributed by atoms with Crippen LogP contribution in [0.2, 0.25) is 5.02 Å². The monoisotopic (exact) mass is 1010 g/mol. The fourth-order valence-corrected chi connectivity index (χ4v) is 7.34. The molecule has 0 atom stereocenters. The minimum Gasteiger partial charge on any atom is -0.471 e. The van der Waals surface area contributed by atoms with Gasteiger partial charge in [-0.3, -0.25) is 23.7 Å². The summed E-state index contributed by atoms with van der Waals surface area (Å²) in [5, 5.41) is 17.8. The summed E-state index contributed by atoms with van der Waals surface area (Å²) in [6.45, 7) is 14.5. The average molecular weight is 1010 g/mol. The quantitative estimate of drug-likeness (QED) is 0.0283. The molecule has 0 aliphatic heterocycles. The van der Waals surface area contributed by atoms with Gasteiger partial charge in [0.2, 0.25) is 0 Å². The van der Waals surface area contributed by atoms with E-state index in [1.165, 1.54) is 26.9 Å². The number of ketones is 2. The SMILES string of the molecule is CCOC(=O)c1nn(-c2ccccc2)c(N)c1C(C)=O.CCOC(=O)c1nn(-c2ccccc2)c2nc(-c3ccc(-c4ccccc4)cc3)n(-c3ccc(Cl)cc3)c(=O)c12.[C-]#[N+]/C(C(=O)OCC)=C(/C#N)C(C)=O. The molecule has 18 nitrogen and oxygen atoms in total. The molecule has 0 unspecified atom stereocenters. The van der Waals surface area contributed by atoms with Gasteiger partial charge in [0.05, 0.1) is 55.1 Å². The Hall–Kier alpha value is -9.78. The third-order valence-electron chi connectivity index (χ3n) is 10.5. The van der Waals surface area contributed by atoms with E-state index in [-0.39, 0.29) is 59.4 Å². The molecule has 0 bridgehead atoms. The van der Waals surface area contributed by atoms with Crippen LogP contribution in [-0.4, -0.2) is 78.4 Å². The van der Waals surface area contributed by atoms with Crippen LogP contribution in [0.1, 0.15) is 66.0 Å². The van der Waals surface area contributed by atoms with Crippen molar-refractivity contribution in [3.63, 3.8) is 0 Å². The number of aromatic nitrogens is 6. The Morgan fingerprint density at radius 2 is 1.15 bits per heavy atom. The first-order chi connectivity index (χ1) is 35.7. The van der Waals surface area contributed by atoms with Gasteiger partial charge >= 0.3 is 17.9 Å². The van der Waals surface area contributed by atoms with E-state index < -0.39 is 40.5 Å². The third-order valence-corrected chi connectivity index (χ3v) is 10.8. The van der Waals surface area contributed by atoms with Gasteiger partial charge in [0, 0.05) is 10.6 Å². The van der Waals surface area contributed by atoms with E-state index in [9.17, 15) is 28.8 Å². The first-order valence-corrected chi connectivity index (χ1v) is 23.1. The van der Waals surface area contributed by atoms with E-state index in [0.29, 0.717) is 33.5 Å². The van der Waals surface area contributed by atoms with Crippen LogP contribution in [0, 0.1) is 17.9 Å². The van der Waals surface area contributed by atoms with E-state index in [4.69, 9.17) is 43.6 Å². The summed E-state index contributed by atoms with van der Waals surface area (Å²) in [5.41, 5.74) is 9.39. The molecule has 0 fully saturated rings. The Kier molecular flexibility index (Phi) is 18.0. The molecule has 0 spiro atoms. The predicted molar refractivity (Wildman–Crippen MR) is 277 cm³/mol. The normalized spacial score (nSPS) is 10.8. The van der Waals surface area contributed by atoms with Crippen LogP contribution in [0.25, 0.3) is 55.5 Å². The predicted octanol–water partition coefficient (Wildman–Crippen LogP) is 9.40. The highest BCUT2D eigenvalue weighted by molar-refractivity contribution is 6.30. The summed E-state index contributed by atoms with van der Waals surface area (Å²) in [5.74, 6) is -2.70. The highest BCUT2D eigenvalue weighted by Crippen LogP contribution is 2.29. The molecule has 2 N–H and O–H groups in total. The van der Waals surface area contributed by atoms with Crippen molar-refractivity contribution >= 4 is 57.9 Å². The van der Waals surface area contributed by atoms with Crippen molar-refractivity contribution in [2.75, 3.05) is 25.6 Å². The van der Waals surface area contributed by atoms with Crippen LogP contribution in [0.4, 0.5) is 5.82 Å². The van der Waals surface area contributed by atoms with Gasteiger partial charge in [-0.05, 0) is 94.3 Å². The molecular weight excluding hydrogens is 966 g/mol. The second-order valence-electron chi connectivity index (χ2n) is 15.4. The Bertz CT molecular complexity index is 3540. The molecule has 19 heteroatoms. The summed E-state index contributed by atoms with van der Waals surface area (Å²) >= 11 is 6.16. The van der Waals surface area contributed by atoms with E-state index in [1.54, 1.807) is 57.2 Å². The van der Waals surface area contributed by atoms with Crippen molar-refractivity contribution in [2.24, 2.45) is 0 Å². The highest BCUT2D eigenvalue weighted by atomic mass is 35.5. The number of anilines is 1. The van der Waals surface area contributed by atoms with E-state index in [1.807, 2.05) is 103 Å². The van der Waals surface area contributed by atoms with E-state index in [0.717, 1.165) is 18.1 Å². The average Bonchev–Trinajstić information content (AvgIpc) is 3.98. The van der Waals surface area contributed by atoms with Crippen molar-refractivity contribution in [3.8, 4) is 45.6 Å². The highest BCUT2D eigenvalue weighted by Gasteiger charge is 2.28. The molecule has 0 saturated heterocycles. The Labute approximate surface area is 429 Å². The second kappa shape index (κ2) is 24.9. The molecule has 5 aromatic carbocycles. The minimum absolute atomic E-state index is 0.0549. The molecule has 74 heavy (non-hydrogen) atoms. The Morgan fingerprint density at radius 1 is 0.662 bits per heavy atom. The number of nitriles is 1. The maximum Gasteiger partial charge on any atom is 0.359 e. The summed E-state index contributed by atoms with van der Waals surface area (Å²) in [6.07, 6.45) is 0. The first-order valence-electron chi connectivity index (χ1n) is 22.7. The molecule has 0 amide bonds. The fraction of sp³-hybridized carbons (Fsp3) is 0.145. The number of nitrogens with zero attached hydrogens (tertiary/aromatic N) is 8. The topological polar surface area (TPSA) is 238 Å². The molecular formula is C55H46ClN9O9. The minimum atomic E-state index is -0.936. The van der Waals surface area contributed by atoms with Crippen molar-refractivity contribution in [1.29, 1.82) is 5.26 Å². The number of benzene rings is 5. The van der Waals surface area contributed by atoms with Gasteiger partial charge in [-0.15, -0.1) is 0 Å². The van der Waals surface area contributed by atoms with Crippen LogP contribution in [0.3, 0.4) is 0 Å². The van der Waals surface area contributed by atoms with Crippen LogP contribution in [0.15, 0.2) is 156 Å². The number of Topliss-reactive ketones (excluding diaryl/α,β-unsaturated/α-hetero) is 2. The third kappa shape index (κ3) is 12.0. The summed E-state index contributed by atoms with van der Waals surface area (Å²) < 4.78 is 19.0. The number of esters is 3. The lowest BCUT2D eigenvalue weighted by Crippen LogP contribution is -2.23. The zero-order valence-electron chi connectivity index (χ0n) is 40.6. The molecule has 3 aromatic heterocycles. The van der Waals surface area contributed by atoms with Gasteiger partial charge < -0.3 is 19.9 Å². The molecule has 0 aliphatic rings. The van der Waals surface area contributed by atoms with E-state index >= 15 is 0 Å². The maximum atomic E-state index is 14.3. The number of halogens is 1. The number of carbonyl (C=O) groups excluding carboxylic acids is 5. The number of nitrogen functional groups attached to an aromatic ring is 1. The maximum absolute atomic E-state index is 14.3. The second-order valence-corrected chi connectivity index (χ2v) is 15.8. The van der Waals surface area contributed by atoms with Gasteiger partial charge in [0.25, 0.3) is 11.3 Å². The summed E-state index contributed by atoms with van der Waals surface area (Å²) in [7, 11) is 0. The molecule has 372 valence electrons. The zero-order valence-corrected chi connectivity index (χ0v) is 41.4. The number of carbonyl (C=O) groups is 5. The Balaban J connectivity index is 0.000000218. The van der Waals surface area contributed by atoms with Gasteiger partial charge in [0.1, 0.15) is 22.6 Å². The summed E-state index contributed by atoms with van der Waals surface area (Å²) in [6, 6.07) is 44.6.